The van der Waals surface area contributed by atoms with E-state index in [1.165, 1.54) is 43.8 Å². The summed E-state index contributed by atoms with van der Waals surface area (Å²) in [4.78, 5) is 2.35. The van der Waals surface area contributed by atoms with Crippen LogP contribution in [0.1, 0.15) is 0 Å². The molecule has 0 saturated heterocycles. The Morgan fingerprint density at radius 2 is 0.978 bits per heavy atom. The predicted octanol–water partition coefficient (Wildman–Crippen LogP) is 12.7. The molecule has 2 heteroatoms. The van der Waals surface area contributed by atoms with E-state index >= 15 is 0 Å². The van der Waals surface area contributed by atoms with Gasteiger partial charge in [-0.05, 0) is 98.4 Å². The van der Waals surface area contributed by atoms with Crippen LogP contribution in [-0.2, 0) is 0 Å². The van der Waals surface area contributed by atoms with Crippen LogP contribution >= 0.6 is 0 Å². The van der Waals surface area contributed by atoms with Crippen molar-refractivity contribution < 1.29 is 4.42 Å². The molecule has 0 radical (unpaired) electrons. The van der Waals surface area contributed by atoms with Crippen LogP contribution in [0.3, 0.4) is 0 Å². The molecule has 1 heterocycles. The van der Waals surface area contributed by atoms with Crippen LogP contribution in [-0.4, -0.2) is 0 Å². The van der Waals surface area contributed by atoms with Crippen molar-refractivity contribution in [2.24, 2.45) is 0 Å². The average Bonchev–Trinajstić information content (AvgIpc) is 3.52. The first kappa shape index (κ1) is 26.3. The van der Waals surface area contributed by atoms with Gasteiger partial charge in [0, 0.05) is 27.8 Å². The Balaban J connectivity index is 1.19. The molecule has 0 unspecified atom stereocenters. The highest BCUT2D eigenvalue weighted by molar-refractivity contribution is 6.19. The van der Waals surface area contributed by atoms with Gasteiger partial charge in [0.2, 0.25) is 0 Å². The maximum atomic E-state index is 6.19. The first-order chi connectivity index (χ1) is 22.8. The topological polar surface area (TPSA) is 16.4 Å². The van der Waals surface area contributed by atoms with Gasteiger partial charge in [-0.1, -0.05) is 121 Å². The van der Waals surface area contributed by atoms with Crippen molar-refractivity contribution in [3.8, 4) is 22.3 Å². The van der Waals surface area contributed by atoms with E-state index in [0.29, 0.717) is 0 Å². The number of furan rings is 1. The second-order valence-corrected chi connectivity index (χ2v) is 11.8. The van der Waals surface area contributed by atoms with E-state index in [0.717, 1.165) is 39.0 Å². The molecule has 0 N–H and O–H groups in total. The number of hydrogen-bond acceptors (Lipinski definition) is 2. The van der Waals surface area contributed by atoms with E-state index in [1.807, 2.05) is 12.1 Å². The van der Waals surface area contributed by atoms with Crippen LogP contribution in [0.25, 0.3) is 65.7 Å². The standard InChI is InChI=1S/C44H29NO/c1-2-9-30(10-3-1)34-13-8-14-38(28-34)45(37-22-19-32(20-23-37)35-18-17-31-11-4-5-12-33(31)27-35)39-24-25-40-36(29-39)21-26-43-44(40)41-15-6-7-16-42(41)46-43/h1-29H. The van der Waals surface area contributed by atoms with Gasteiger partial charge in [0.15, 0.2) is 0 Å². The zero-order valence-electron chi connectivity index (χ0n) is 25.1. The molecule has 9 rings (SSSR count). The third-order valence-electron chi connectivity index (χ3n) is 9.02. The highest BCUT2D eigenvalue weighted by atomic mass is 16.3. The number of para-hydroxylation sites is 1. The zero-order chi connectivity index (χ0) is 30.5. The summed E-state index contributed by atoms with van der Waals surface area (Å²) in [7, 11) is 0. The van der Waals surface area contributed by atoms with Crippen LogP contribution in [0.4, 0.5) is 17.1 Å². The molecule has 0 saturated carbocycles. The highest BCUT2D eigenvalue weighted by Crippen LogP contribution is 2.41. The molecule has 0 fully saturated rings. The Hall–Kier alpha value is -6.12. The number of hydrogen-bond donors (Lipinski definition) is 0. The number of anilines is 3. The van der Waals surface area contributed by atoms with E-state index in [4.69, 9.17) is 4.42 Å². The Kier molecular flexibility index (Phi) is 6.17. The zero-order valence-corrected chi connectivity index (χ0v) is 25.1. The van der Waals surface area contributed by atoms with Gasteiger partial charge < -0.3 is 9.32 Å². The minimum atomic E-state index is 0.915. The Labute approximate surface area is 267 Å². The largest absolute Gasteiger partial charge is 0.456 e. The lowest BCUT2D eigenvalue weighted by Gasteiger charge is -2.26. The lowest BCUT2D eigenvalue weighted by molar-refractivity contribution is 0.669. The maximum absolute atomic E-state index is 6.19. The summed E-state index contributed by atoms with van der Waals surface area (Å²) < 4.78 is 6.19. The molecule has 1 aromatic heterocycles. The molecule has 0 aliphatic carbocycles. The Bertz CT molecular complexity index is 2530. The van der Waals surface area contributed by atoms with Crippen molar-refractivity contribution in [1.29, 1.82) is 0 Å². The molecular formula is C44H29NO. The van der Waals surface area contributed by atoms with Crippen LogP contribution in [0.5, 0.6) is 0 Å². The average molecular weight is 588 g/mol. The number of fused-ring (bicyclic) bond motifs is 6. The second kappa shape index (κ2) is 10.8. The summed E-state index contributed by atoms with van der Waals surface area (Å²) >= 11 is 0. The first-order valence-corrected chi connectivity index (χ1v) is 15.7. The fourth-order valence-electron chi connectivity index (χ4n) is 6.75. The predicted molar refractivity (Wildman–Crippen MR) is 194 cm³/mol. The fraction of sp³-hybridized carbons (Fsp3) is 0. The van der Waals surface area contributed by atoms with E-state index < -0.39 is 0 Å². The summed E-state index contributed by atoms with van der Waals surface area (Å²) in [5, 5.41) is 7.18. The van der Waals surface area contributed by atoms with Gasteiger partial charge >= 0.3 is 0 Å². The molecule has 0 aliphatic heterocycles. The van der Waals surface area contributed by atoms with Gasteiger partial charge in [0.25, 0.3) is 0 Å². The van der Waals surface area contributed by atoms with Gasteiger partial charge in [-0.2, -0.15) is 0 Å². The normalized spacial score (nSPS) is 11.5. The van der Waals surface area contributed by atoms with Gasteiger partial charge in [-0.15, -0.1) is 0 Å². The van der Waals surface area contributed by atoms with Crippen molar-refractivity contribution >= 4 is 60.5 Å². The van der Waals surface area contributed by atoms with Crippen molar-refractivity contribution in [2.45, 2.75) is 0 Å². The van der Waals surface area contributed by atoms with Gasteiger partial charge in [-0.25, -0.2) is 0 Å². The van der Waals surface area contributed by atoms with Crippen LogP contribution < -0.4 is 4.90 Å². The minimum Gasteiger partial charge on any atom is -0.456 e. The number of rotatable bonds is 5. The van der Waals surface area contributed by atoms with E-state index in [-0.39, 0.29) is 0 Å². The Morgan fingerprint density at radius 3 is 1.87 bits per heavy atom. The smallest absolute Gasteiger partial charge is 0.136 e. The first-order valence-electron chi connectivity index (χ1n) is 15.7. The molecule has 8 aromatic carbocycles. The number of nitrogens with zero attached hydrogens (tertiary/aromatic N) is 1. The minimum absolute atomic E-state index is 0.915. The summed E-state index contributed by atoms with van der Waals surface area (Å²) in [6.45, 7) is 0. The highest BCUT2D eigenvalue weighted by Gasteiger charge is 2.16. The molecule has 0 bridgehead atoms. The third-order valence-corrected chi connectivity index (χ3v) is 9.02. The summed E-state index contributed by atoms with van der Waals surface area (Å²) in [5.74, 6) is 0. The van der Waals surface area contributed by atoms with E-state index in [1.54, 1.807) is 0 Å². The summed E-state index contributed by atoms with van der Waals surface area (Å²) in [5.41, 5.74) is 9.93. The molecular weight excluding hydrogens is 558 g/mol. The van der Waals surface area contributed by atoms with Gasteiger partial charge in [0.05, 0.1) is 0 Å². The molecule has 46 heavy (non-hydrogen) atoms. The molecule has 0 spiro atoms. The van der Waals surface area contributed by atoms with Crippen LogP contribution in [0.15, 0.2) is 180 Å². The molecule has 2 nitrogen and oxygen atoms in total. The van der Waals surface area contributed by atoms with Crippen LogP contribution in [0, 0.1) is 0 Å². The van der Waals surface area contributed by atoms with E-state index in [9.17, 15) is 0 Å². The van der Waals surface area contributed by atoms with Gasteiger partial charge in [-0.3, -0.25) is 0 Å². The van der Waals surface area contributed by atoms with Crippen molar-refractivity contribution in [1.82, 2.24) is 0 Å². The lowest BCUT2D eigenvalue weighted by Crippen LogP contribution is -2.10. The van der Waals surface area contributed by atoms with Crippen molar-refractivity contribution in [3.05, 3.63) is 176 Å². The summed E-state index contributed by atoms with van der Waals surface area (Å²) in [6.07, 6.45) is 0. The molecule has 9 aromatic rings. The van der Waals surface area contributed by atoms with Crippen molar-refractivity contribution in [2.75, 3.05) is 4.90 Å². The monoisotopic (exact) mass is 587 g/mol. The molecule has 0 aliphatic rings. The molecule has 216 valence electrons. The van der Waals surface area contributed by atoms with Gasteiger partial charge in [0.1, 0.15) is 11.2 Å². The summed E-state index contributed by atoms with van der Waals surface area (Å²) in [6, 6.07) is 62.8. The fourth-order valence-corrected chi connectivity index (χ4v) is 6.75. The molecule has 0 atom stereocenters. The SMILES string of the molecule is c1ccc(-c2cccc(N(c3ccc(-c4ccc5ccccc5c4)cc3)c3ccc4c(ccc5oc6ccccc6c54)c3)c2)cc1. The van der Waals surface area contributed by atoms with Crippen molar-refractivity contribution in [3.63, 3.8) is 0 Å². The Morgan fingerprint density at radius 1 is 0.326 bits per heavy atom. The maximum Gasteiger partial charge on any atom is 0.136 e. The molecule has 0 amide bonds. The third kappa shape index (κ3) is 4.51. The van der Waals surface area contributed by atoms with Crippen LogP contribution in [0.2, 0.25) is 0 Å². The number of benzene rings is 8. The lowest BCUT2D eigenvalue weighted by atomic mass is 10.00. The second-order valence-electron chi connectivity index (χ2n) is 11.8. The quantitative estimate of drug-likeness (QED) is 0.199. The van der Waals surface area contributed by atoms with E-state index in [2.05, 4.69) is 169 Å².